The van der Waals surface area contributed by atoms with Crippen LogP contribution in [-0.2, 0) is 0 Å². The summed E-state index contributed by atoms with van der Waals surface area (Å²) >= 11 is 5.90. The Labute approximate surface area is 125 Å². The van der Waals surface area contributed by atoms with Gasteiger partial charge in [0.05, 0.1) is 4.92 Å². The molecule has 112 valence electrons. The Balaban J connectivity index is 2.70. The van der Waals surface area contributed by atoms with E-state index in [4.69, 9.17) is 11.6 Å². The van der Waals surface area contributed by atoms with Gasteiger partial charge in [-0.25, -0.2) is 0 Å². The van der Waals surface area contributed by atoms with Crippen LogP contribution in [0.25, 0.3) is 0 Å². The molecule has 0 fully saturated rings. The standard InChI is InChI=1S/C15H23ClN2O2/c1-4-5-6-10-15(2,3)11-17-13-9-7-8-12(16)14(13)18(19)20/h7-9,17H,4-6,10-11H2,1-3H3. The summed E-state index contributed by atoms with van der Waals surface area (Å²) in [6.45, 7) is 7.22. The van der Waals surface area contributed by atoms with E-state index >= 15 is 0 Å². The number of halogens is 1. The van der Waals surface area contributed by atoms with Gasteiger partial charge in [-0.1, -0.05) is 57.7 Å². The van der Waals surface area contributed by atoms with Gasteiger partial charge >= 0.3 is 5.69 Å². The quantitative estimate of drug-likeness (QED) is 0.404. The highest BCUT2D eigenvalue weighted by Crippen LogP contribution is 2.33. The van der Waals surface area contributed by atoms with Crippen LogP contribution in [0.2, 0.25) is 5.02 Å². The lowest BCUT2D eigenvalue weighted by Gasteiger charge is -2.25. The molecule has 1 rings (SSSR count). The van der Waals surface area contributed by atoms with E-state index in [9.17, 15) is 10.1 Å². The van der Waals surface area contributed by atoms with Crippen LogP contribution in [0.5, 0.6) is 0 Å². The fraction of sp³-hybridized carbons (Fsp3) is 0.600. The number of benzene rings is 1. The number of hydrogen-bond acceptors (Lipinski definition) is 3. The maximum absolute atomic E-state index is 11.1. The number of anilines is 1. The zero-order valence-corrected chi connectivity index (χ0v) is 13.2. The minimum atomic E-state index is -0.436. The molecule has 0 saturated heterocycles. The summed E-state index contributed by atoms with van der Waals surface area (Å²) in [7, 11) is 0. The number of nitrogens with zero attached hydrogens (tertiary/aromatic N) is 1. The molecule has 0 unspecified atom stereocenters. The summed E-state index contributed by atoms with van der Waals surface area (Å²) in [5, 5.41) is 14.4. The number of nitrogens with one attached hydrogen (secondary N) is 1. The van der Waals surface area contributed by atoms with Gasteiger partial charge in [0.15, 0.2) is 0 Å². The maximum Gasteiger partial charge on any atom is 0.310 e. The summed E-state index contributed by atoms with van der Waals surface area (Å²) in [4.78, 5) is 10.6. The van der Waals surface area contributed by atoms with Gasteiger partial charge in [-0.05, 0) is 24.0 Å². The largest absolute Gasteiger partial charge is 0.379 e. The van der Waals surface area contributed by atoms with Gasteiger partial charge in [0, 0.05) is 6.54 Å². The van der Waals surface area contributed by atoms with Gasteiger partial charge < -0.3 is 5.32 Å². The first-order valence-electron chi connectivity index (χ1n) is 7.04. The molecule has 1 N–H and O–H groups in total. The van der Waals surface area contributed by atoms with Crippen LogP contribution in [0, 0.1) is 15.5 Å². The normalized spacial score (nSPS) is 11.4. The molecule has 1 aromatic rings. The average Bonchev–Trinajstić information content (AvgIpc) is 2.36. The molecule has 4 nitrogen and oxygen atoms in total. The second-order valence-corrected chi connectivity index (χ2v) is 6.28. The molecule has 0 atom stereocenters. The van der Waals surface area contributed by atoms with Crippen LogP contribution >= 0.6 is 11.6 Å². The van der Waals surface area contributed by atoms with Gasteiger partial charge in [-0.2, -0.15) is 0 Å². The summed E-state index contributed by atoms with van der Waals surface area (Å²) in [6.07, 6.45) is 4.70. The number of hydrogen-bond donors (Lipinski definition) is 1. The highest BCUT2D eigenvalue weighted by atomic mass is 35.5. The van der Waals surface area contributed by atoms with Gasteiger partial charge in [-0.15, -0.1) is 0 Å². The van der Waals surface area contributed by atoms with Crippen LogP contribution in [0.1, 0.15) is 46.5 Å². The minimum absolute atomic E-state index is 0.0430. The van der Waals surface area contributed by atoms with E-state index < -0.39 is 4.92 Å². The molecule has 0 saturated carbocycles. The molecule has 0 heterocycles. The van der Waals surface area contributed by atoms with Crippen LogP contribution in [0.3, 0.4) is 0 Å². The molecule has 0 amide bonds. The highest BCUT2D eigenvalue weighted by molar-refractivity contribution is 6.33. The Morgan fingerprint density at radius 3 is 2.65 bits per heavy atom. The Morgan fingerprint density at radius 1 is 1.35 bits per heavy atom. The summed E-state index contributed by atoms with van der Waals surface area (Å²) in [6, 6.07) is 4.96. The third kappa shape index (κ3) is 5.00. The van der Waals surface area contributed by atoms with Crippen LogP contribution in [-0.4, -0.2) is 11.5 Å². The molecule has 0 aliphatic carbocycles. The van der Waals surface area contributed by atoms with Crippen molar-refractivity contribution >= 4 is 23.0 Å². The van der Waals surface area contributed by atoms with Crippen molar-refractivity contribution in [1.29, 1.82) is 0 Å². The Kier molecular flexibility index (Phi) is 6.27. The highest BCUT2D eigenvalue weighted by Gasteiger charge is 2.22. The van der Waals surface area contributed by atoms with Crippen molar-refractivity contribution in [2.24, 2.45) is 5.41 Å². The van der Waals surface area contributed by atoms with Gasteiger partial charge in [0.2, 0.25) is 0 Å². The number of rotatable bonds is 8. The monoisotopic (exact) mass is 298 g/mol. The zero-order chi connectivity index (χ0) is 15.2. The molecule has 1 aromatic carbocycles. The van der Waals surface area contributed by atoms with Crippen LogP contribution in [0.4, 0.5) is 11.4 Å². The Hall–Kier alpha value is -1.29. The van der Waals surface area contributed by atoms with Gasteiger partial charge in [-0.3, -0.25) is 10.1 Å². The Morgan fingerprint density at radius 2 is 2.05 bits per heavy atom. The average molecular weight is 299 g/mol. The van der Waals surface area contributed by atoms with E-state index in [1.165, 1.54) is 25.3 Å². The van der Waals surface area contributed by atoms with Crippen LogP contribution in [0.15, 0.2) is 18.2 Å². The van der Waals surface area contributed by atoms with Crippen molar-refractivity contribution in [2.75, 3.05) is 11.9 Å². The first-order chi connectivity index (χ1) is 9.37. The van der Waals surface area contributed by atoms with Crippen molar-refractivity contribution in [3.63, 3.8) is 0 Å². The number of para-hydroxylation sites is 1. The molecule has 0 bridgehead atoms. The molecule has 5 heteroatoms. The lowest BCUT2D eigenvalue weighted by molar-refractivity contribution is -0.383. The molecule has 0 aliphatic rings. The minimum Gasteiger partial charge on any atom is -0.379 e. The fourth-order valence-electron chi connectivity index (χ4n) is 2.12. The summed E-state index contributed by atoms with van der Waals surface area (Å²) < 4.78 is 0. The van der Waals surface area contributed by atoms with Gasteiger partial charge in [0.25, 0.3) is 0 Å². The number of unbranched alkanes of at least 4 members (excludes halogenated alkanes) is 2. The van der Waals surface area contributed by atoms with E-state index in [1.807, 2.05) is 0 Å². The van der Waals surface area contributed by atoms with Gasteiger partial charge in [0.1, 0.15) is 10.7 Å². The molecule has 0 aromatic heterocycles. The second-order valence-electron chi connectivity index (χ2n) is 5.87. The molecule has 0 radical (unpaired) electrons. The lowest BCUT2D eigenvalue weighted by atomic mass is 9.87. The molecular formula is C15H23ClN2O2. The predicted molar refractivity (Wildman–Crippen MR) is 84.5 cm³/mol. The SMILES string of the molecule is CCCCCC(C)(C)CNc1cccc(Cl)c1[N+](=O)[O-]. The first-order valence-corrected chi connectivity index (χ1v) is 7.42. The predicted octanol–water partition coefficient (Wildman–Crippen LogP) is 5.27. The molecular weight excluding hydrogens is 276 g/mol. The van der Waals surface area contributed by atoms with E-state index in [1.54, 1.807) is 12.1 Å². The number of nitro groups is 1. The van der Waals surface area contributed by atoms with Crippen molar-refractivity contribution in [1.82, 2.24) is 0 Å². The van der Waals surface area contributed by atoms with Crippen molar-refractivity contribution in [2.45, 2.75) is 46.5 Å². The van der Waals surface area contributed by atoms with E-state index in [0.29, 0.717) is 12.2 Å². The van der Waals surface area contributed by atoms with E-state index in [2.05, 4.69) is 26.1 Å². The molecule has 0 aliphatic heterocycles. The lowest BCUT2D eigenvalue weighted by Crippen LogP contribution is -2.23. The van der Waals surface area contributed by atoms with Crippen molar-refractivity contribution in [3.8, 4) is 0 Å². The van der Waals surface area contributed by atoms with E-state index in [-0.39, 0.29) is 16.1 Å². The maximum atomic E-state index is 11.1. The molecule has 20 heavy (non-hydrogen) atoms. The van der Waals surface area contributed by atoms with Crippen molar-refractivity contribution in [3.05, 3.63) is 33.3 Å². The zero-order valence-electron chi connectivity index (χ0n) is 12.4. The fourth-order valence-corrected chi connectivity index (χ4v) is 2.36. The third-order valence-electron chi connectivity index (χ3n) is 3.38. The number of nitro benzene ring substituents is 1. The third-order valence-corrected chi connectivity index (χ3v) is 3.69. The van der Waals surface area contributed by atoms with E-state index in [0.717, 1.165) is 6.42 Å². The van der Waals surface area contributed by atoms with Crippen LogP contribution < -0.4 is 5.32 Å². The smallest absolute Gasteiger partial charge is 0.310 e. The Bertz CT molecular complexity index is 461. The van der Waals surface area contributed by atoms with Crippen molar-refractivity contribution < 1.29 is 4.92 Å². The molecule has 0 spiro atoms. The summed E-state index contributed by atoms with van der Waals surface area (Å²) in [5.74, 6) is 0. The second kappa shape index (κ2) is 7.48. The first kappa shape index (κ1) is 16.8. The summed E-state index contributed by atoms with van der Waals surface area (Å²) in [5.41, 5.74) is 0.551. The topological polar surface area (TPSA) is 55.2 Å².